The predicted octanol–water partition coefficient (Wildman–Crippen LogP) is 1.31. The standard InChI is InChI=1S/C12H19N3O2/c1-3-10(16)9(2)15-12(17)14-8-6-4-5-7-11(14)13-15/h9H,3-8H2,1-2H3. The Hall–Kier alpha value is -1.39. The second-order valence-electron chi connectivity index (χ2n) is 4.60. The van der Waals surface area contributed by atoms with E-state index < -0.39 is 6.04 Å². The molecule has 1 unspecified atom stereocenters. The average Bonchev–Trinajstić information content (AvgIpc) is 2.55. The highest BCUT2D eigenvalue weighted by molar-refractivity contribution is 5.81. The van der Waals surface area contributed by atoms with Crippen LogP contribution in [0, 0.1) is 0 Å². The summed E-state index contributed by atoms with van der Waals surface area (Å²) in [6.45, 7) is 4.30. The summed E-state index contributed by atoms with van der Waals surface area (Å²) in [5, 5.41) is 4.33. The van der Waals surface area contributed by atoms with E-state index >= 15 is 0 Å². The van der Waals surface area contributed by atoms with Gasteiger partial charge in [-0.25, -0.2) is 9.48 Å². The highest BCUT2D eigenvalue weighted by Gasteiger charge is 2.21. The van der Waals surface area contributed by atoms with Crippen LogP contribution < -0.4 is 5.69 Å². The Morgan fingerprint density at radius 1 is 1.41 bits per heavy atom. The van der Waals surface area contributed by atoms with Crippen molar-refractivity contribution in [3.63, 3.8) is 0 Å². The molecule has 94 valence electrons. The number of nitrogens with zero attached hydrogens (tertiary/aromatic N) is 3. The number of carbonyl (C=O) groups is 1. The third-order valence-corrected chi connectivity index (χ3v) is 3.43. The third kappa shape index (κ3) is 2.18. The van der Waals surface area contributed by atoms with E-state index in [-0.39, 0.29) is 11.5 Å². The number of aryl methyl sites for hydroxylation is 1. The summed E-state index contributed by atoms with van der Waals surface area (Å²) in [7, 11) is 0. The van der Waals surface area contributed by atoms with Gasteiger partial charge < -0.3 is 0 Å². The zero-order chi connectivity index (χ0) is 12.4. The van der Waals surface area contributed by atoms with E-state index in [1.807, 2.05) is 6.92 Å². The minimum atomic E-state index is -0.438. The molecule has 0 aliphatic carbocycles. The normalized spacial score (nSPS) is 17.3. The molecule has 1 aromatic heterocycles. The Labute approximate surface area is 100 Å². The second kappa shape index (κ2) is 4.85. The molecule has 0 saturated carbocycles. The first-order valence-electron chi connectivity index (χ1n) is 6.36. The van der Waals surface area contributed by atoms with Crippen molar-refractivity contribution in [2.75, 3.05) is 0 Å². The van der Waals surface area contributed by atoms with Gasteiger partial charge in [0.2, 0.25) is 0 Å². The first-order chi connectivity index (χ1) is 8.15. The molecule has 0 radical (unpaired) electrons. The highest BCUT2D eigenvalue weighted by atomic mass is 16.2. The van der Waals surface area contributed by atoms with Crippen LogP contribution in [0.25, 0.3) is 0 Å². The summed E-state index contributed by atoms with van der Waals surface area (Å²) in [5.41, 5.74) is -0.129. The zero-order valence-corrected chi connectivity index (χ0v) is 10.5. The van der Waals surface area contributed by atoms with Crippen LogP contribution in [0.1, 0.15) is 51.4 Å². The number of Topliss-reactive ketones (excluding diaryl/α,β-unsaturated/α-hetero) is 1. The van der Waals surface area contributed by atoms with Crippen LogP contribution in [0.15, 0.2) is 4.79 Å². The fraction of sp³-hybridized carbons (Fsp3) is 0.750. The average molecular weight is 237 g/mol. The molecule has 0 spiro atoms. The molecule has 0 aromatic carbocycles. The number of hydrogen-bond donors (Lipinski definition) is 0. The first kappa shape index (κ1) is 12.1. The van der Waals surface area contributed by atoms with Crippen molar-refractivity contribution in [1.29, 1.82) is 0 Å². The maximum absolute atomic E-state index is 12.1. The number of rotatable bonds is 3. The summed E-state index contributed by atoms with van der Waals surface area (Å²) in [6, 6.07) is -0.438. The van der Waals surface area contributed by atoms with E-state index in [0.717, 1.165) is 38.1 Å². The smallest absolute Gasteiger partial charge is 0.297 e. The number of hydrogen-bond acceptors (Lipinski definition) is 3. The van der Waals surface area contributed by atoms with Crippen molar-refractivity contribution in [3.05, 3.63) is 16.3 Å². The van der Waals surface area contributed by atoms with E-state index in [9.17, 15) is 9.59 Å². The summed E-state index contributed by atoms with van der Waals surface area (Å²) < 4.78 is 3.08. The third-order valence-electron chi connectivity index (χ3n) is 3.43. The van der Waals surface area contributed by atoms with Crippen LogP contribution in [0.4, 0.5) is 0 Å². The Morgan fingerprint density at radius 3 is 2.88 bits per heavy atom. The minimum absolute atomic E-state index is 0.0559. The van der Waals surface area contributed by atoms with E-state index in [1.165, 1.54) is 4.68 Å². The molecule has 1 aliphatic rings. The van der Waals surface area contributed by atoms with E-state index in [1.54, 1.807) is 11.5 Å². The van der Waals surface area contributed by atoms with Crippen molar-refractivity contribution in [3.8, 4) is 0 Å². The molecule has 5 nitrogen and oxygen atoms in total. The molecule has 1 aromatic rings. The van der Waals surface area contributed by atoms with E-state index in [4.69, 9.17) is 0 Å². The van der Waals surface area contributed by atoms with Crippen molar-refractivity contribution < 1.29 is 4.79 Å². The summed E-state index contributed by atoms with van der Waals surface area (Å²) in [6.07, 6.45) is 4.53. The Bertz CT molecular complexity index is 473. The SMILES string of the molecule is CCC(=O)C(C)n1nc2n(c1=O)CCCCC2. The van der Waals surface area contributed by atoms with Gasteiger partial charge in [0.1, 0.15) is 11.9 Å². The molecule has 0 N–H and O–H groups in total. The summed E-state index contributed by atoms with van der Waals surface area (Å²) >= 11 is 0. The Balaban J connectivity index is 2.37. The lowest BCUT2D eigenvalue weighted by Gasteiger charge is -2.07. The zero-order valence-electron chi connectivity index (χ0n) is 10.5. The van der Waals surface area contributed by atoms with Crippen LogP contribution in [0.3, 0.4) is 0 Å². The van der Waals surface area contributed by atoms with E-state index in [2.05, 4.69) is 5.10 Å². The highest BCUT2D eigenvalue weighted by Crippen LogP contribution is 2.12. The summed E-state index contributed by atoms with van der Waals surface area (Å²) in [4.78, 5) is 23.8. The largest absolute Gasteiger partial charge is 0.346 e. The molecule has 2 heterocycles. The van der Waals surface area contributed by atoms with Crippen LogP contribution in [0.2, 0.25) is 0 Å². The lowest BCUT2D eigenvalue weighted by Crippen LogP contribution is -2.30. The molecule has 5 heteroatoms. The fourth-order valence-corrected chi connectivity index (χ4v) is 2.28. The van der Waals surface area contributed by atoms with Gasteiger partial charge in [0.25, 0.3) is 0 Å². The van der Waals surface area contributed by atoms with Gasteiger partial charge in [0, 0.05) is 19.4 Å². The van der Waals surface area contributed by atoms with Gasteiger partial charge in [-0.2, -0.15) is 5.10 Å². The number of fused-ring (bicyclic) bond motifs is 1. The molecular formula is C12H19N3O2. The molecule has 0 fully saturated rings. The molecule has 2 rings (SSSR count). The van der Waals surface area contributed by atoms with Crippen LogP contribution in [-0.4, -0.2) is 20.1 Å². The lowest BCUT2D eigenvalue weighted by molar-refractivity contribution is -0.121. The van der Waals surface area contributed by atoms with Gasteiger partial charge in [0.15, 0.2) is 5.78 Å². The lowest BCUT2D eigenvalue weighted by atomic mass is 10.2. The first-order valence-corrected chi connectivity index (χ1v) is 6.36. The quantitative estimate of drug-likeness (QED) is 0.796. The molecule has 0 amide bonds. The molecule has 17 heavy (non-hydrogen) atoms. The summed E-state index contributed by atoms with van der Waals surface area (Å²) in [5.74, 6) is 0.892. The van der Waals surface area contributed by atoms with Gasteiger partial charge in [-0.1, -0.05) is 13.3 Å². The van der Waals surface area contributed by atoms with Crippen LogP contribution in [0.5, 0.6) is 0 Å². The maximum atomic E-state index is 12.1. The van der Waals surface area contributed by atoms with Crippen LogP contribution in [-0.2, 0) is 17.8 Å². The molecule has 0 saturated heterocycles. The Morgan fingerprint density at radius 2 is 2.18 bits per heavy atom. The monoisotopic (exact) mass is 237 g/mol. The van der Waals surface area contributed by atoms with Gasteiger partial charge >= 0.3 is 5.69 Å². The van der Waals surface area contributed by atoms with Gasteiger partial charge in [-0.15, -0.1) is 0 Å². The Kier molecular flexibility index (Phi) is 3.45. The number of carbonyl (C=O) groups excluding carboxylic acids is 1. The van der Waals surface area contributed by atoms with E-state index in [0.29, 0.717) is 6.42 Å². The number of aromatic nitrogens is 3. The van der Waals surface area contributed by atoms with Gasteiger partial charge in [0.05, 0.1) is 0 Å². The van der Waals surface area contributed by atoms with Crippen LogP contribution >= 0.6 is 0 Å². The molecule has 0 bridgehead atoms. The van der Waals surface area contributed by atoms with Crippen molar-refractivity contribution >= 4 is 5.78 Å². The molecule has 1 atom stereocenters. The fourth-order valence-electron chi connectivity index (χ4n) is 2.28. The topological polar surface area (TPSA) is 56.9 Å². The second-order valence-corrected chi connectivity index (χ2v) is 4.60. The van der Waals surface area contributed by atoms with Crippen molar-refractivity contribution in [1.82, 2.24) is 14.3 Å². The molecule has 1 aliphatic heterocycles. The van der Waals surface area contributed by atoms with Gasteiger partial charge in [-0.05, 0) is 19.8 Å². The predicted molar refractivity (Wildman–Crippen MR) is 64.1 cm³/mol. The number of ketones is 1. The van der Waals surface area contributed by atoms with Gasteiger partial charge in [-0.3, -0.25) is 9.36 Å². The maximum Gasteiger partial charge on any atom is 0.346 e. The molecular weight excluding hydrogens is 218 g/mol. The minimum Gasteiger partial charge on any atom is -0.297 e. The van der Waals surface area contributed by atoms with Crippen molar-refractivity contribution in [2.45, 2.75) is 58.5 Å². The van der Waals surface area contributed by atoms with Crippen molar-refractivity contribution in [2.24, 2.45) is 0 Å².